The SMILES string of the molecule is CC(C)(C)c1ccc(C#Cc2cncc(C3NC(=O)OC3c3cc(F)ccc3F)c2)cc1. The smallest absolute Gasteiger partial charge is 0.408 e. The molecule has 2 unspecified atom stereocenters. The highest BCUT2D eigenvalue weighted by Gasteiger charge is 2.38. The molecular weight excluding hydrogens is 410 g/mol. The Hall–Kier alpha value is -3.72. The molecule has 162 valence electrons. The van der Waals surface area contributed by atoms with Crippen molar-refractivity contribution < 1.29 is 18.3 Å². The summed E-state index contributed by atoms with van der Waals surface area (Å²) in [5.41, 5.74) is 3.32. The summed E-state index contributed by atoms with van der Waals surface area (Å²) in [6.07, 6.45) is 1.43. The van der Waals surface area contributed by atoms with Gasteiger partial charge >= 0.3 is 6.09 Å². The highest BCUT2D eigenvalue weighted by Crippen LogP contribution is 2.38. The molecular formula is C26H22F2N2O2. The van der Waals surface area contributed by atoms with E-state index in [2.05, 4.69) is 55.0 Å². The van der Waals surface area contributed by atoms with Crippen LogP contribution in [0.3, 0.4) is 0 Å². The van der Waals surface area contributed by atoms with Gasteiger partial charge in [-0.3, -0.25) is 4.98 Å². The Morgan fingerprint density at radius 3 is 2.41 bits per heavy atom. The van der Waals surface area contributed by atoms with E-state index in [1.807, 2.05) is 12.1 Å². The van der Waals surface area contributed by atoms with Crippen LogP contribution in [0.2, 0.25) is 0 Å². The number of benzene rings is 2. The largest absolute Gasteiger partial charge is 0.439 e. The van der Waals surface area contributed by atoms with Gasteiger partial charge in [-0.05, 0) is 52.9 Å². The summed E-state index contributed by atoms with van der Waals surface area (Å²) in [5, 5.41) is 2.65. The van der Waals surface area contributed by atoms with Gasteiger partial charge in [0.15, 0.2) is 6.10 Å². The van der Waals surface area contributed by atoms with Crippen molar-refractivity contribution in [2.45, 2.75) is 38.3 Å². The summed E-state index contributed by atoms with van der Waals surface area (Å²) in [7, 11) is 0. The minimum Gasteiger partial charge on any atom is -0.439 e. The molecule has 0 saturated carbocycles. The molecule has 1 amide bonds. The molecule has 1 saturated heterocycles. The third kappa shape index (κ3) is 4.62. The van der Waals surface area contributed by atoms with Gasteiger partial charge in [-0.2, -0.15) is 0 Å². The van der Waals surface area contributed by atoms with Gasteiger partial charge in [-0.1, -0.05) is 44.7 Å². The Kier molecular flexibility index (Phi) is 5.67. The zero-order valence-corrected chi connectivity index (χ0v) is 17.9. The van der Waals surface area contributed by atoms with Gasteiger partial charge in [0.05, 0.1) is 0 Å². The lowest BCUT2D eigenvalue weighted by Crippen LogP contribution is -2.20. The summed E-state index contributed by atoms with van der Waals surface area (Å²) in [6, 6.07) is 12.2. The number of nitrogens with one attached hydrogen (secondary N) is 1. The Morgan fingerprint density at radius 2 is 1.69 bits per heavy atom. The van der Waals surface area contributed by atoms with Crippen molar-refractivity contribution in [3.63, 3.8) is 0 Å². The number of cyclic esters (lactones) is 1. The Balaban J connectivity index is 1.61. The van der Waals surface area contributed by atoms with E-state index < -0.39 is 29.9 Å². The number of aromatic nitrogens is 1. The zero-order valence-electron chi connectivity index (χ0n) is 17.9. The molecule has 0 bridgehead atoms. The molecule has 0 aliphatic carbocycles. The molecule has 1 aliphatic rings. The molecule has 1 N–H and O–H groups in total. The first-order chi connectivity index (χ1) is 15.2. The fourth-order valence-corrected chi connectivity index (χ4v) is 3.55. The first kappa shape index (κ1) is 21.5. The van der Waals surface area contributed by atoms with Crippen LogP contribution in [0.25, 0.3) is 0 Å². The highest BCUT2D eigenvalue weighted by atomic mass is 19.1. The average Bonchev–Trinajstić information content (AvgIpc) is 3.15. The first-order valence-electron chi connectivity index (χ1n) is 10.2. The topological polar surface area (TPSA) is 51.2 Å². The zero-order chi connectivity index (χ0) is 22.9. The predicted molar refractivity (Wildman–Crippen MR) is 117 cm³/mol. The maximum absolute atomic E-state index is 14.3. The quantitative estimate of drug-likeness (QED) is 0.538. The molecule has 1 aromatic heterocycles. The van der Waals surface area contributed by atoms with Crippen molar-refractivity contribution in [3.8, 4) is 11.8 Å². The fourth-order valence-electron chi connectivity index (χ4n) is 3.55. The standard InChI is InChI=1S/C26H22F2N2O2/c1-26(2,3)19-8-6-16(7-9-19)4-5-17-12-18(15-29-14-17)23-24(32-25(31)30-23)21-13-20(27)10-11-22(21)28/h6-15,23-24H,1-3H3,(H,30,31). The second-order valence-electron chi connectivity index (χ2n) is 8.70. The van der Waals surface area contributed by atoms with Crippen molar-refractivity contribution in [1.82, 2.24) is 10.3 Å². The van der Waals surface area contributed by atoms with E-state index >= 15 is 0 Å². The van der Waals surface area contributed by atoms with Crippen LogP contribution in [-0.4, -0.2) is 11.1 Å². The van der Waals surface area contributed by atoms with Crippen LogP contribution in [0.4, 0.5) is 13.6 Å². The van der Waals surface area contributed by atoms with E-state index in [0.29, 0.717) is 11.1 Å². The van der Waals surface area contributed by atoms with Gasteiger partial charge in [-0.15, -0.1) is 0 Å². The summed E-state index contributed by atoms with van der Waals surface area (Å²) in [4.78, 5) is 16.1. The lowest BCUT2D eigenvalue weighted by Gasteiger charge is -2.18. The molecule has 2 aromatic carbocycles. The highest BCUT2D eigenvalue weighted by molar-refractivity contribution is 5.71. The lowest BCUT2D eigenvalue weighted by atomic mass is 9.87. The van der Waals surface area contributed by atoms with Crippen molar-refractivity contribution in [1.29, 1.82) is 0 Å². The number of pyridine rings is 1. The summed E-state index contributed by atoms with van der Waals surface area (Å²) < 4.78 is 33.2. The summed E-state index contributed by atoms with van der Waals surface area (Å²) in [5.74, 6) is 4.91. The van der Waals surface area contributed by atoms with E-state index in [1.54, 1.807) is 18.5 Å². The molecule has 4 nitrogen and oxygen atoms in total. The van der Waals surface area contributed by atoms with Gasteiger partial charge in [0, 0.05) is 29.1 Å². The molecule has 6 heteroatoms. The van der Waals surface area contributed by atoms with E-state index in [9.17, 15) is 13.6 Å². The van der Waals surface area contributed by atoms with Crippen molar-refractivity contribution >= 4 is 6.09 Å². The summed E-state index contributed by atoms with van der Waals surface area (Å²) in [6.45, 7) is 6.46. The summed E-state index contributed by atoms with van der Waals surface area (Å²) >= 11 is 0. The van der Waals surface area contributed by atoms with Gasteiger partial charge in [0.1, 0.15) is 17.7 Å². The van der Waals surface area contributed by atoms with Crippen LogP contribution in [0.15, 0.2) is 60.9 Å². The number of halogens is 2. The number of amides is 1. The first-order valence-corrected chi connectivity index (χ1v) is 10.2. The second kappa shape index (κ2) is 8.43. The molecule has 2 atom stereocenters. The van der Waals surface area contributed by atoms with Crippen LogP contribution in [0.5, 0.6) is 0 Å². The minimum absolute atomic E-state index is 0.0382. The number of nitrogens with zero attached hydrogens (tertiary/aromatic N) is 1. The fraction of sp³-hybridized carbons (Fsp3) is 0.231. The van der Waals surface area contributed by atoms with Crippen LogP contribution in [0.1, 0.15) is 60.7 Å². The molecule has 1 fully saturated rings. The third-order valence-electron chi connectivity index (χ3n) is 5.30. The molecule has 0 spiro atoms. The van der Waals surface area contributed by atoms with Gasteiger partial charge < -0.3 is 10.1 Å². The monoisotopic (exact) mass is 432 g/mol. The van der Waals surface area contributed by atoms with Crippen molar-refractivity contribution in [3.05, 3.63) is 100 Å². The van der Waals surface area contributed by atoms with E-state index in [0.717, 1.165) is 23.8 Å². The molecule has 1 aliphatic heterocycles. The molecule has 2 heterocycles. The third-order valence-corrected chi connectivity index (χ3v) is 5.30. The van der Waals surface area contributed by atoms with Crippen LogP contribution < -0.4 is 5.32 Å². The van der Waals surface area contributed by atoms with E-state index in [-0.39, 0.29) is 11.0 Å². The Bertz CT molecular complexity index is 1220. The van der Waals surface area contributed by atoms with Crippen molar-refractivity contribution in [2.24, 2.45) is 0 Å². The molecule has 3 aromatic rings. The number of alkyl carbamates (subject to hydrolysis) is 1. The number of ether oxygens (including phenoxy) is 1. The number of hydrogen-bond acceptors (Lipinski definition) is 3. The average molecular weight is 432 g/mol. The second-order valence-corrected chi connectivity index (χ2v) is 8.70. The van der Waals surface area contributed by atoms with Crippen LogP contribution >= 0.6 is 0 Å². The molecule has 4 rings (SSSR count). The maximum atomic E-state index is 14.3. The van der Waals surface area contributed by atoms with E-state index in [4.69, 9.17) is 4.74 Å². The van der Waals surface area contributed by atoms with Gasteiger partial charge in [-0.25, -0.2) is 13.6 Å². The number of carbonyl (C=O) groups is 1. The Morgan fingerprint density at radius 1 is 0.969 bits per heavy atom. The maximum Gasteiger partial charge on any atom is 0.408 e. The molecule has 0 radical (unpaired) electrons. The van der Waals surface area contributed by atoms with E-state index in [1.165, 1.54) is 5.56 Å². The number of carbonyl (C=O) groups excluding carboxylic acids is 1. The normalized spacial score (nSPS) is 17.8. The lowest BCUT2D eigenvalue weighted by molar-refractivity contribution is 0.130. The molecule has 32 heavy (non-hydrogen) atoms. The number of hydrogen-bond donors (Lipinski definition) is 1. The van der Waals surface area contributed by atoms with Gasteiger partial charge in [0.2, 0.25) is 0 Å². The van der Waals surface area contributed by atoms with Gasteiger partial charge in [0.25, 0.3) is 0 Å². The van der Waals surface area contributed by atoms with Crippen molar-refractivity contribution in [2.75, 3.05) is 0 Å². The number of rotatable bonds is 2. The van der Waals surface area contributed by atoms with Crippen LogP contribution in [-0.2, 0) is 10.2 Å². The predicted octanol–water partition coefficient (Wildman–Crippen LogP) is 5.58. The minimum atomic E-state index is -1.02. The van der Waals surface area contributed by atoms with Crippen LogP contribution in [0, 0.1) is 23.5 Å². The Labute approximate surface area is 185 Å².